The van der Waals surface area contributed by atoms with Crippen LogP contribution in [0.25, 0.3) is 10.8 Å². The molecule has 0 spiro atoms. The number of sulfonamides is 1. The van der Waals surface area contributed by atoms with Gasteiger partial charge in [-0.3, -0.25) is 4.79 Å². The van der Waals surface area contributed by atoms with Crippen molar-refractivity contribution in [2.75, 3.05) is 6.54 Å². The van der Waals surface area contributed by atoms with Gasteiger partial charge in [-0.15, -0.1) is 0 Å². The Bertz CT molecular complexity index is 1460. The van der Waals surface area contributed by atoms with Crippen LogP contribution < -0.4 is 14.9 Å². The highest BCUT2D eigenvalue weighted by Crippen LogP contribution is 2.27. The zero-order valence-electron chi connectivity index (χ0n) is 18.5. The van der Waals surface area contributed by atoms with Crippen LogP contribution in [-0.4, -0.2) is 27.1 Å². The van der Waals surface area contributed by atoms with Gasteiger partial charge in [0.1, 0.15) is 18.2 Å². The number of carbonyl (C=O) groups excluding carboxylic acids is 1. The van der Waals surface area contributed by atoms with E-state index < -0.39 is 22.5 Å². The molecule has 4 aromatic rings. The molecule has 0 heterocycles. The van der Waals surface area contributed by atoms with Crippen molar-refractivity contribution in [2.45, 2.75) is 11.5 Å². The smallest absolute Gasteiger partial charge is 0.255 e. The monoisotopic (exact) mass is 491 g/mol. The maximum atomic E-state index is 13.2. The molecule has 0 saturated heterocycles. The van der Waals surface area contributed by atoms with Crippen LogP contribution in [0.5, 0.6) is 5.75 Å². The van der Waals surface area contributed by atoms with Crippen molar-refractivity contribution in [1.29, 1.82) is 0 Å². The molecular formula is C26H22FN3O4S. The third-order valence-electron chi connectivity index (χ3n) is 5.10. The minimum atomic E-state index is -3.81. The van der Waals surface area contributed by atoms with E-state index in [1.807, 2.05) is 30.3 Å². The van der Waals surface area contributed by atoms with Crippen LogP contribution in [0.4, 0.5) is 4.39 Å². The van der Waals surface area contributed by atoms with Gasteiger partial charge >= 0.3 is 0 Å². The Morgan fingerprint density at radius 2 is 1.63 bits per heavy atom. The highest BCUT2D eigenvalue weighted by Gasteiger charge is 2.14. The van der Waals surface area contributed by atoms with E-state index >= 15 is 0 Å². The molecule has 178 valence electrons. The number of rotatable bonds is 9. The van der Waals surface area contributed by atoms with Crippen LogP contribution in [0.15, 0.2) is 101 Å². The minimum Gasteiger partial charge on any atom is -0.488 e. The number of carbonyl (C=O) groups is 1. The summed E-state index contributed by atoms with van der Waals surface area (Å²) in [6.07, 6.45) is 1.45. The molecule has 2 N–H and O–H groups in total. The van der Waals surface area contributed by atoms with Gasteiger partial charge in [-0.05, 0) is 46.7 Å². The second-order valence-corrected chi connectivity index (χ2v) is 9.31. The van der Waals surface area contributed by atoms with Crippen molar-refractivity contribution in [2.24, 2.45) is 5.10 Å². The number of amides is 1. The van der Waals surface area contributed by atoms with Crippen molar-refractivity contribution in [3.05, 3.63) is 108 Å². The maximum absolute atomic E-state index is 13.2. The number of nitrogens with zero attached hydrogens (tertiary/aromatic N) is 1. The van der Waals surface area contributed by atoms with Crippen LogP contribution in [0, 0.1) is 5.82 Å². The first-order chi connectivity index (χ1) is 16.9. The van der Waals surface area contributed by atoms with Crippen molar-refractivity contribution in [3.8, 4) is 5.75 Å². The number of benzene rings is 4. The average Bonchev–Trinajstić information content (AvgIpc) is 2.88. The van der Waals surface area contributed by atoms with E-state index in [1.165, 1.54) is 30.5 Å². The molecule has 0 bridgehead atoms. The number of halogens is 1. The van der Waals surface area contributed by atoms with Crippen molar-refractivity contribution in [1.82, 2.24) is 10.1 Å². The second kappa shape index (κ2) is 10.9. The fourth-order valence-corrected chi connectivity index (χ4v) is 4.33. The molecule has 0 radical (unpaired) electrons. The molecule has 4 aromatic carbocycles. The lowest BCUT2D eigenvalue weighted by atomic mass is 10.0. The normalized spacial score (nSPS) is 11.6. The van der Waals surface area contributed by atoms with Crippen molar-refractivity contribution in [3.63, 3.8) is 0 Å². The van der Waals surface area contributed by atoms with Gasteiger partial charge in [-0.1, -0.05) is 60.7 Å². The summed E-state index contributed by atoms with van der Waals surface area (Å²) >= 11 is 0. The molecule has 0 aliphatic rings. The summed E-state index contributed by atoms with van der Waals surface area (Å²) in [5.41, 5.74) is 3.76. The quantitative estimate of drug-likeness (QED) is 0.273. The second-order valence-electron chi connectivity index (χ2n) is 7.54. The van der Waals surface area contributed by atoms with E-state index in [1.54, 1.807) is 36.4 Å². The van der Waals surface area contributed by atoms with E-state index in [-0.39, 0.29) is 17.3 Å². The largest absolute Gasteiger partial charge is 0.488 e. The van der Waals surface area contributed by atoms with Gasteiger partial charge in [-0.2, -0.15) is 5.10 Å². The predicted molar refractivity (Wildman–Crippen MR) is 132 cm³/mol. The lowest BCUT2D eigenvalue weighted by Crippen LogP contribution is -2.34. The molecule has 0 atom stereocenters. The maximum Gasteiger partial charge on any atom is 0.255 e. The average molecular weight is 492 g/mol. The molecular weight excluding hydrogens is 469 g/mol. The number of nitrogens with one attached hydrogen (secondary N) is 2. The Kier molecular flexibility index (Phi) is 7.49. The van der Waals surface area contributed by atoms with Gasteiger partial charge in [0.15, 0.2) is 0 Å². The summed E-state index contributed by atoms with van der Waals surface area (Å²) in [6.45, 7) is -0.259. The standard InChI is InChI=1S/C26H22FN3O4S/c27-21-13-10-19(11-14-21)18-34-25-15-12-20-6-4-5-9-23(20)24(25)16-28-30-26(31)17-29-35(32,33)22-7-2-1-3-8-22/h1-16,29H,17-18H2,(H,30,31)/b28-16+. The number of hydrazone groups is 1. The molecule has 1 amide bonds. The predicted octanol–water partition coefficient (Wildman–Crippen LogP) is 3.99. The highest BCUT2D eigenvalue weighted by molar-refractivity contribution is 7.89. The van der Waals surface area contributed by atoms with Crippen LogP contribution in [0.3, 0.4) is 0 Å². The first-order valence-corrected chi connectivity index (χ1v) is 12.2. The van der Waals surface area contributed by atoms with Gasteiger partial charge in [0, 0.05) is 5.56 Å². The van der Waals surface area contributed by atoms with E-state index in [4.69, 9.17) is 4.74 Å². The van der Waals surface area contributed by atoms with E-state index in [0.29, 0.717) is 11.3 Å². The fraction of sp³-hybridized carbons (Fsp3) is 0.0769. The fourth-order valence-electron chi connectivity index (χ4n) is 3.33. The first-order valence-electron chi connectivity index (χ1n) is 10.7. The summed E-state index contributed by atoms with van der Waals surface area (Å²) in [5.74, 6) is -0.431. The first kappa shape index (κ1) is 24.1. The number of hydrogen-bond acceptors (Lipinski definition) is 5. The molecule has 0 fully saturated rings. The topological polar surface area (TPSA) is 96.9 Å². The summed E-state index contributed by atoms with van der Waals surface area (Å²) < 4.78 is 45.9. The molecule has 0 aliphatic carbocycles. The summed E-state index contributed by atoms with van der Waals surface area (Å²) in [7, 11) is -3.81. The Balaban J connectivity index is 1.46. The minimum absolute atomic E-state index is 0.0648. The Morgan fingerprint density at radius 3 is 2.40 bits per heavy atom. The van der Waals surface area contributed by atoms with Crippen LogP contribution in [0.1, 0.15) is 11.1 Å². The number of ether oxygens (including phenoxy) is 1. The number of fused-ring (bicyclic) bond motifs is 1. The third-order valence-corrected chi connectivity index (χ3v) is 6.51. The van der Waals surface area contributed by atoms with Crippen LogP contribution in [-0.2, 0) is 21.4 Å². The van der Waals surface area contributed by atoms with Gasteiger partial charge in [0.05, 0.1) is 17.7 Å². The van der Waals surface area contributed by atoms with E-state index in [9.17, 15) is 17.6 Å². The third kappa shape index (κ3) is 6.28. The van der Waals surface area contributed by atoms with E-state index in [0.717, 1.165) is 16.3 Å². The molecule has 7 nitrogen and oxygen atoms in total. The van der Waals surface area contributed by atoms with Gasteiger partial charge in [-0.25, -0.2) is 23.0 Å². The molecule has 0 aliphatic heterocycles. The van der Waals surface area contributed by atoms with Crippen molar-refractivity contribution >= 4 is 32.9 Å². The highest BCUT2D eigenvalue weighted by atomic mass is 32.2. The molecule has 4 rings (SSSR count). The molecule has 35 heavy (non-hydrogen) atoms. The molecule has 9 heteroatoms. The van der Waals surface area contributed by atoms with Crippen molar-refractivity contribution < 1.29 is 22.3 Å². The van der Waals surface area contributed by atoms with E-state index in [2.05, 4.69) is 15.2 Å². The van der Waals surface area contributed by atoms with Crippen LogP contribution >= 0.6 is 0 Å². The summed E-state index contributed by atoms with van der Waals surface area (Å²) in [6, 6.07) is 25.1. The summed E-state index contributed by atoms with van der Waals surface area (Å²) in [4.78, 5) is 12.2. The zero-order valence-corrected chi connectivity index (χ0v) is 19.3. The van der Waals surface area contributed by atoms with Gasteiger partial charge < -0.3 is 4.74 Å². The van der Waals surface area contributed by atoms with Gasteiger partial charge in [0.25, 0.3) is 5.91 Å². The van der Waals surface area contributed by atoms with Crippen LogP contribution in [0.2, 0.25) is 0 Å². The molecule has 0 saturated carbocycles. The SMILES string of the molecule is O=C(CNS(=O)(=O)c1ccccc1)N/N=C/c1c(OCc2ccc(F)cc2)ccc2ccccc12. The summed E-state index contributed by atoms with van der Waals surface area (Å²) in [5, 5.41) is 5.81. The number of hydrogen-bond donors (Lipinski definition) is 2. The lowest BCUT2D eigenvalue weighted by Gasteiger charge is -2.12. The molecule has 0 aromatic heterocycles. The molecule has 0 unspecified atom stereocenters. The Labute approximate surface area is 202 Å². The lowest BCUT2D eigenvalue weighted by molar-refractivity contribution is -0.119. The Morgan fingerprint density at radius 1 is 0.914 bits per heavy atom. The van der Waals surface area contributed by atoms with Gasteiger partial charge in [0.2, 0.25) is 10.0 Å². The zero-order chi connectivity index (χ0) is 24.7. The Hall–Kier alpha value is -4.08.